The summed E-state index contributed by atoms with van der Waals surface area (Å²) in [5.41, 5.74) is 4.21. The number of benzene rings is 3. The molecule has 6 nitrogen and oxygen atoms in total. The van der Waals surface area contributed by atoms with Crippen LogP contribution in [0.4, 0.5) is 0 Å². The predicted molar refractivity (Wildman–Crippen MR) is 156 cm³/mol. The molecule has 1 heterocycles. The van der Waals surface area contributed by atoms with Crippen molar-refractivity contribution in [3.8, 4) is 5.75 Å². The van der Waals surface area contributed by atoms with Gasteiger partial charge in [-0.25, -0.2) is 0 Å². The van der Waals surface area contributed by atoms with E-state index >= 15 is 0 Å². The Morgan fingerprint density at radius 2 is 1.35 bits per heavy atom. The van der Waals surface area contributed by atoms with Crippen molar-refractivity contribution < 1.29 is 23.8 Å². The van der Waals surface area contributed by atoms with Crippen LogP contribution in [0.5, 0.6) is 5.75 Å². The Morgan fingerprint density at radius 3 is 1.95 bits per heavy atom. The molecule has 0 bridgehead atoms. The normalized spacial score (nSPS) is 15.1. The highest BCUT2D eigenvalue weighted by molar-refractivity contribution is 5.96. The fourth-order valence-electron chi connectivity index (χ4n) is 5.04. The van der Waals surface area contributed by atoms with Gasteiger partial charge in [0.05, 0.1) is 19.8 Å². The Labute approximate surface area is 237 Å². The summed E-state index contributed by atoms with van der Waals surface area (Å²) in [5, 5.41) is 0. The molecule has 0 N–H and O–H groups in total. The van der Waals surface area contributed by atoms with Gasteiger partial charge in [0.25, 0.3) is 5.91 Å². The first kappa shape index (κ1) is 28.9. The number of amides is 1. The highest BCUT2D eigenvalue weighted by atomic mass is 16.5. The summed E-state index contributed by atoms with van der Waals surface area (Å²) in [6.07, 6.45) is 5.71. The number of rotatable bonds is 14. The molecule has 210 valence electrons. The van der Waals surface area contributed by atoms with Gasteiger partial charge in [0.2, 0.25) is 0 Å². The van der Waals surface area contributed by atoms with Crippen LogP contribution in [-0.2, 0) is 38.3 Å². The summed E-state index contributed by atoms with van der Waals surface area (Å²) < 4.78 is 16.8. The van der Waals surface area contributed by atoms with Crippen molar-refractivity contribution in [2.24, 2.45) is 0 Å². The Balaban J connectivity index is 1.53. The molecule has 4 rings (SSSR count). The quantitative estimate of drug-likeness (QED) is 0.177. The lowest BCUT2D eigenvalue weighted by Gasteiger charge is -2.38. The molecular weight excluding hydrogens is 502 g/mol. The molecule has 0 aliphatic carbocycles. The van der Waals surface area contributed by atoms with Crippen LogP contribution in [0, 0.1) is 0 Å². The number of hydrogen-bond donors (Lipinski definition) is 0. The van der Waals surface area contributed by atoms with Crippen LogP contribution >= 0.6 is 0 Å². The minimum absolute atomic E-state index is 0.138. The van der Waals surface area contributed by atoms with Crippen molar-refractivity contribution in [2.75, 3.05) is 20.8 Å². The average Bonchev–Trinajstić information content (AvgIpc) is 3.00. The predicted octanol–water partition coefficient (Wildman–Crippen LogP) is 6.29. The second-order valence-electron chi connectivity index (χ2n) is 10.1. The van der Waals surface area contributed by atoms with Crippen LogP contribution in [0.15, 0.2) is 96.3 Å². The van der Waals surface area contributed by atoms with E-state index in [1.165, 1.54) is 23.1 Å². The van der Waals surface area contributed by atoms with Crippen molar-refractivity contribution in [3.63, 3.8) is 0 Å². The van der Waals surface area contributed by atoms with E-state index in [0.717, 1.165) is 49.2 Å². The van der Waals surface area contributed by atoms with Gasteiger partial charge in [-0.05, 0) is 67.3 Å². The number of carbonyl (C=O) groups is 2. The summed E-state index contributed by atoms with van der Waals surface area (Å²) in [7, 11) is 2.97. The maximum Gasteiger partial charge on any atom is 0.325 e. The van der Waals surface area contributed by atoms with Crippen LogP contribution in [0.1, 0.15) is 48.8 Å². The van der Waals surface area contributed by atoms with E-state index in [4.69, 9.17) is 14.2 Å². The van der Waals surface area contributed by atoms with E-state index in [1.54, 1.807) is 7.11 Å². The van der Waals surface area contributed by atoms with Crippen molar-refractivity contribution in [1.82, 2.24) is 4.90 Å². The minimum atomic E-state index is -0.595. The molecule has 0 fully saturated rings. The van der Waals surface area contributed by atoms with Crippen molar-refractivity contribution in [1.29, 1.82) is 0 Å². The number of esters is 1. The highest BCUT2D eigenvalue weighted by Gasteiger charge is 2.36. The molecule has 3 aromatic carbocycles. The minimum Gasteiger partial charge on any atom is -0.497 e. The summed E-state index contributed by atoms with van der Waals surface area (Å²) in [6.45, 7) is -0.153. The van der Waals surface area contributed by atoms with E-state index in [9.17, 15) is 9.59 Å². The monoisotopic (exact) mass is 541 g/mol. The number of methoxy groups -OCH3 is 2. The van der Waals surface area contributed by atoms with Crippen LogP contribution in [0.2, 0.25) is 0 Å². The summed E-state index contributed by atoms with van der Waals surface area (Å²) in [4.78, 5) is 27.8. The molecular formula is C34H39NO5. The number of ether oxygens (including phenoxy) is 3. The molecule has 6 heteroatoms. The largest absolute Gasteiger partial charge is 0.497 e. The summed E-state index contributed by atoms with van der Waals surface area (Å²) in [6, 6.07) is 28.4. The topological polar surface area (TPSA) is 65.1 Å². The summed E-state index contributed by atoms with van der Waals surface area (Å²) >= 11 is 0. The van der Waals surface area contributed by atoms with Crippen LogP contribution in [0.25, 0.3) is 0 Å². The molecule has 0 radical (unpaired) electrons. The molecule has 1 amide bonds. The van der Waals surface area contributed by atoms with Gasteiger partial charge in [0.15, 0.2) is 6.23 Å². The van der Waals surface area contributed by atoms with Crippen LogP contribution in [0.3, 0.4) is 0 Å². The number of aryl methyl sites for hydroxylation is 2. The molecule has 0 saturated heterocycles. The van der Waals surface area contributed by atoms with Crippen molar-refractivity contribution in [2.45, 2.75) is 57.6 Å². The van der Waals surface area contributed by atoms with E-state index in [0.29, 0.717) is 24.8 Å². The zero-order chi connectivity index (χ0) is 28.2. The lowest BCUT2D eigenvalue weighted by Crippen LogP contribution is -2.50. The molecule has 1 aliphatic heterocycles. The van der Waals surface area contributed by atoms with E-state index in [2.05, 4.69) is 36.4 Å². The van der Waals surface area contributed by atoms with Gasteiger partial charge in [0.1, 0.15) is 18.1 Å². The fraction of sp³-hybridized carbons (Fsp3) is 0.353. The van der Waals surface area contributed by atoms with E-state index in [-0.39, 0.29) is 12.5 Å². The second kappa shape index (κ2) is 14.9. The second-order valence-corrected chi connectivity index (χ2v) is 10.1. The Morgan fingerprint density at radius 1 is 0.750 bits per heavy atom. The zero-order valence-electron chi connectivity index (χ0n) is 23.5. The number of nitrogens with zero attached hydrogens (tertiary/aromatic N) is 1. The number of carbonyl (C=O) groups excluding carboxylic acids is 2. The molecule has 1 aliphatic rings. The van der Waals surface area contributed by atoms with Gasteiger partial charge in [-0.1, -0.05) is 72.8 Å². The van der Waals surface area contributed by atoms with E-state index in [1.807, 2.05) is 48.5 Å². The lowest BCUT2D eigenvalue weighted by atomic mass is 9.97. The molecule has 0 aromatic heterocycles. The lowest BCUT2D eigenvalue weighted by molar-refractivity contribution is -0.157. The molecule has 1 unspecified atom stereocenters. The van der Waals surface area contributed by atoms with E-state index < -0.39 is 12.2 Å². The zero-order valence-corrected chi connectivity index (χ0v) is 23.5. The third kappa shape index (κ3) is 8.22. The smallest absolute Gasteiger partial charge is 0.325 e. The van der Waals surface area contributed by atoms with Crippen LogP contribution in [-0.4, -0.2) is 43.8 Å². The Bertz CT molecular complexity index is 1250. The Kier molecular flexibility index (Phi) is 10.8. The first-order valence-corrected chi connectivity index (χ1v) is 14.0. The van der Waals surface area contributed by atoms with Gasteiger partial charge in [-0.2, -0.15) is 0 Å². The molecule has 3 aromatic rings. The Hall–Kier alpha value is -4.06. The first-order chi connectivity index (χ1) is 19.6. The van der Waals surface area contributed by atoms with Gasteiger partial charge in [-0.3, -0.25) is 14.5 Å². The van der Waals surface area contributed by atoms with Gasteiger partial charge in [-0.15, -0.1) is 0 Å². The maximum atomic E-state index is 13.9. The van der Waals surface area contributed by atoms with Crippen LogP contribution < -0.4 is 4.74 Å². The highest BCUT2D eigenvalue weighted by Crippen LogP contribution is 2.31. The number of unbranched alkanes of at least 4 members (excludes halogenated alkanes) is 1. The third-order valence-electron chi connectivity index (χ3n) is 7.28. The third-order valence-corrected chi connectivity index (χ3v) is 7.28. The molecule has 0 saturated carbocycles. The SMILES string of the molecule is COC(=O)CN1C(=O)C(CCCc2ccccc2)=C(CCCCc2ccccc2)OC1Cc1ccc(OC)cc1. The van der Waals surface area contributed by atoms with Gasteiger partial charge < -0.3 is 14.2 Å². The molecule has 1 atom stereocenters. The fourth-order valence-corrected chi connectivity index (χ4v) is 5.04. The van der Waals surface area contributed by atoms with Gasteiger partial charge in [0, 0.05) is 12.8 Å². The first-order valence-electron chi connectivity index (χ1n) is 14.0. The maximum absolute atomic E-state index is 13.9. The number of hydrogen-bond acceptors (Lipinski definition) is 5. The van der Waals surface area contributed by atoms with Crippen molar-refractivity contribution in [3.05, 3.63) is 113 Å². The molecule has 0 spiro atoms. The summed E-state index contributed by atoms with van der Waals surface area (Å²) in [5.74, 6) is 0.911. The van der Waals surface area contributed by atoms with Gasteiger partial charge >= 0.3 is 5.97 Å². The molecule has 40 heavy (non-hydrogen) atoms. The number of allylic oxidation sites excluding steroid dienone is 1. The average molecular weight is 542 g/mol. The van der Waals surface area contributed by atoms with Crippen molar-refractivity contribution >= 4 is 11.9 Å². The standard InChI is InChI=1S/C34H39NO5/c1-38-29-22-20-28(21-23-29)24-32-35(25-33(36)39-2)34(37)30(18-11-17-27-14-7-4-8-15-27)31(40-32)19-10-9-16-26-12-5-3-6-13-26/h3-8,12-15,20-23,32H,9-11,16-19,24-25H2,1-2H3.